The van der Waals surface area contributed by atoms with Crippen LogP contribution in [-0.2, 0) is 9.31 Å². The molecule has 1 fully saturated rings. The molecule has 4 nitrogen and oxygen atoms in total. The number of hydrogen-bond donors (Lipinski definition) is 1. The largest absolute Gasteiger partial charge is 0.491 e. The Morgan fingerprint density at radius 3 is 2.21 bits per heavy atom. The summed E-state index contributed by atoms with van der Waals surface area (Å²) in [4.78, 5) is 0. The molecule has 1 aliphatic heterocycles. The minimum atomic E-state index is -0.374. The molecule has 0 saturated carbocycles. The molecule has 1 aliphatic rings. The average molecular weight is 343 g/mol. The van der Waals surface area contributed by atoms with E-state index in [1.807, 2.05) is 30.3 Å². The van der Waals surface area contributed by atoms with Crippen LogP contribution >= 0.6 is 12.6 Å². The van der Waals surface area contributed by atoms with Gasteiger partial charge < -0.3 is 13.8 Å². The van der Waals surface area contributed by atoms with Crippen molar-refractivity contribution in [1.82, 2.24) is 5.16 Å². The predicted octanol–water partition coefficient (Wildman–Crippen LogP) is 4.29. The number of aromatic nitrogens is 1. The molecule has 24 heavy (non-hydrogen) atoms. The first kappa shape index (κ1) is 17.3. The van der Waals surface area contributed by atoms with Crippen LogP contribution in [0.4, 0.5) is 0 Å². The highest BCUT2D eigenvalue weighted by Gasteiger charge is 2.52. The van der Waals surface area contributed by atoms with E-state index in [0.29, 0.717) is 5.75 Å². The van der Waals surface area contributed by atoms with Crippen LogP contribution in [0.25, 0.3) is 17.4 Å². The lowest BCUT2D eigenvalue weighted by molar-refractivity contribution is 0.00578. The SMILES string of the molecule is CC1(C)OB(C(=Cc2ccc(-c3ccno3)cc2)CS)OC1(C)C. The van der Waals surface area contributed by atoms with Gasteiger partial charge in [-0.15, -0.1) is 0 Å². The highest BCUT2D eigenvalue weighted by molar-refractivity contribution is 7.80. The first-order valence-corrected chi connectivity index (χ1v) is 8.64. The number of nitrogens with zero attached hydrogens (tertiary/aromatic N) is 1. The Morgan fingerprint density at radius 1 is 1.08 bits per heavy atom. The van der Waals surface area contributed by atoms with Gasteiger partial charge in [-0.1, -0.05) is 35.5 Å². The van der Waals surface area contributed by atoms with Gasteiger partial charge in [0.05, 0.1) is 17.4 Å². The van der Waals surface area contributed by atoms with Crippen LogP contribution in [-0.4, -0.2) is 29.2 Å². The van der Waals surface area contributed by atoms with Gasteiger partial charge in [0.25, 0.3) is 0 Å². The lowest BCUT2D eigenvalue weighted by Gasteiger charge is -2.32. The van der Waals surface area contributed by atoms with Gasteiger partial charge in [0.2, 0.25) is 0 Å². The topological polar surface area (TPSA) is 44.5 Å². The Bertz CT molecular complexity index is 707. The predicted molar refractivity (Wildman–Crippen MR) is 99.9 cm³/mol. The molecule has 1 saturated heterocycles. The zero-order valence-electron chi connectivity index (χ0n) is 14.4. The quantitative estimate of drug-likeness (QED) is 0.665. The van der Waals surface area contributed by atoms with E-state index in [4.69, 9.17) is 13.8 Å². The van der Waals surface area contributed by atoms with Crippen molar-refractivity contribution < 1.29 is 13.8 Å². The van der Waals surface area contributed by atoms with Crippen molar-refractivity contribution >= 4 is 25.8 Å². The Balaban J connectivity index is 1.81. The summed E-state index contributed by atoms with van der Waals surface area (Å²) in [5.41, 5.74) is 2.36. The van der Waals surface area contributed by atoms with Crippen molar-refractivity contribution in [1.29, 1.82) is 0 Å². The van der Waals surface area contributed by atoms with Gasteiger partial charge in [-0.2, -0.15) is 12.6 Å². The minimum absolute atomic E-state index is 0.351. The molecule has 6 heteroatoms. The standard InChI is InChI=1S/C18H22BNO3S/c1-17(2)18(3,4)23-19(22-17)15(12-24)11-13-5-7-14(8-6-13)16-9-10-20-21-16/h5-11,24H,12H2,1-4H3. The summed E-state index contributed by atoms with van der Waals surface area (Å²) in [5.74, 6) is 1.33. The third-order valence-corrected chi connectivity index (χ3v) is 5.09. The molecular formula is C18H22BNO3S. The summed E-state index contributed by atoms with van der Waals surface area (Å²) < 4.78 is 17.4. The van der Waals surface area contributed by atoms with Crippen LogP contribution < -0.4 is 0 Å². The van der Waals surface area contributed by atoms with E-state index < -0.39 is 0 Å². The monoisotopic (exact) mass is 343 g/mol. The first-order valence-electron chi connectivity index (χ1n) is 8.00. The smallest absolute Gasteiger partial charge is 0.400 e. The summed E-state index contributed by atoms with van der Waals surface area (Å²) in [6.45, 7) is 8.20. The summed E-state index contributed by atoms with van der Waals surface area (Å²) in [7, 11) is -0.374. The lowest BCUT2D eigenvalue weighted by atomic mass is 9.78. The van der Waals surface area contributed by atoms with Crippen LogP contribution in [0.15, 0.2) is 46.5 Å². The first-order chi connectivity index (χ1) is 11.3. The van der Waals surface area contributed by atoms with Crippen molar-refractivity contribution in [2.24, 2.45) is 0 Å². The zero-order chi connectivity index (χ0) is 17.4. The molecule has 0 amide bonds. The summed E-state index contributed by atoms with van der Waals surface area (Å²) >= 11 is 4.45. The van der Waals surface area contributed by atoms with E-state index in [2.05, 4.69) is 51.6 Å². The lowest BCUT2D eigenvalue weighted by Crippen LogP contribution is -2.41. The van der Waals surface area contributed by atoms with Gasteiger partial charge in [-0.05, 0) is 38.7 Å². The zero-order valence-corrected chi connectivity index (χ0v) is 15.3. The summed E-state index contributed by atoms with van der Waals surface area (Å²) in [6.07, 6.45) is 3.71. The molecule has 0 atom stereocenters. The summed E-state index contributed by atoms with van der Waals surface area (Å²) in [6, 6.07) is 9.92. The maximum absolute atomic E-state index is 6.11. The molecule has 1 aromatic carbocycles. The maximum atomic E-state index is 6.11. The third kappa shape index (κ3) is 3.32. The fourth-order valence-corrected chi connectivity index (χ4v) is 2.75. The molecule has 0 radical (unpaired) electrons. The van der Waals surface area contributed by atoms with E-state index in [1.54, 1.807) is 6.20 Å². The van der Waals surface area contributed by atoms with Crippen LogP contribution in [0, 0.1) is 0 Å². The van der Waals surface area contributed by atoms with Crippen molar-refractivity contribution in [2.75, 3.05) is 5.75 Å². The summed E-state index contributed by atoms with van der Waals surface area (Å²) in [5, 5.41) is 3.73. The molecule has 2 heterocycles. The van der Waals surface area contributed by atoms with Gasteiger partial charge in [-0.25, -0.2) is 0 Å². The molecule has 0 bridgehead atoms. The van der Waals surface area contributed by atoms with E-state index in [-0.39, 0.29) is 18.3 Å². The van der Waals surface area contributed by atoms with Crippen molar-refractivity contribution in [2.45, 2.75) is 38.9 Å². The molecule has 3 rings (SSSR count). The van der Waals surface area contributed by atoms with Gasteiger partial charge in [-0.3, -0.25) is 0 Å². The van der Waals surface area contributed by atoms with Gasteiger partial charge in [0.1, 0.15) is 0 Å². The highest BCUT2D eigenvalue weighted by Crippen LogP contribution is 2.39. The van der Waals surface area contributed by atoms with Crippen molar-refractivity contribution in [3.05, 3.63) is 47.6 Å². The molecule has 1 aromatic heterocycles. The Hall–Kier alpha value is -1.50. The molecule has 0 N–H and O–H groups in total. The second-order valence-corrected chi connectivity index (χ2v) is 7.28. The molecule has 126 valence electrons. The molecule has 2 aromatic rings. The minimum Gasteiger partial charge on any atom is -0.400 e. The Labute approximate surface area is 148 Å². The average Bonchev–Trinajstić information content (AvgIpc) is 3.12. The van der Waals surface area contributed by atoms with Crippen LogP contribution in [0.1, 0.15) is 33.3 Å². The van der Waals surface area contributed by atoms with Crippen molar-refractivity contribution in [3.63, 3.8) is 0 Å². The van der Waals surface area contributed by atoms with Gasteiger partial charge >= 0.3 is 7.12 Å². The fourth-order valence-electron chi connectivity index (χ4n) is 2.51. The molecule has 0 spiro atoms. The van der Waals surface area contributed by atoms with Crippen LogP contribution in [0.2, 0.25) is 0 Å². The third-order valence-electron chi connectivity index (χ3n) is 4.72. The van der Waals surface area contributed by atoms with Crippen LogP contribution in [0.5, 0.6) is 0 Å². The normalized spacial score (nSPS) is 19.7. The second kappa shape index (κ2) is 6.43. The fraction of sp³-hybridized carbons (Fsp3) is 0.389. The Morgan fingerprint density at radius 2 is 1.71 bits per heavy atom. The number of hydrogen-bond acceptors (Lipinski definition) is 5. The van der Waals surface area contributed by atoms with Gasteiger partial charge in [0.15, 0.2) is 5.76 Å². The van der Waals surface area contributed by atoms with E-state index >= 15 is 0 Å². The van der Waals surface area contributed by atoms with E-state index in [9.17, 15) is 0 Å². The van der Waals surface area contributed by atoms with Crippen molar-refractivity contribution in [3.8, 4) is 11.3 Å². The number of rotatable bonds is 4. The van der Waals surface area contributed by atoms with E-state index in [0.717, 1.165) is 22.4 Å². The highest BCUT2D eigenvalue weighted by atomic mass is 32.1. The maximum Gasteiger partial charge on any atom is 0.491 e. The molecular weight excluding hydrogens is 321 g/mol. The van der Waals surface area contributed by atoms with Crippen LogP contribution in [0.3, 0.4) is 0 Å². The molecule has 0 aliphatic carbocycles. The van der Waals surface area contributed by atoms with E-state index in [1.165, 1.54) is 0 Å². The second-order valence-electron chi connectivity index (χ2n) is 6.96. The number of thiol groups is 1. The van der Waals surface area contributed by atoms with Gasteiger partial charge in [0, 0.05) is 17.4 Å². The number of benzene rings is 1. The molecule has 0 unspecified atom stereocenters. The Kier molecular flexibility index (Phi) is 4.64.